The number of ether oxygens (including phenoxy) is 1. The van der Waals surface area contributed by atoms with Gasteiger partial charge in [0.1, 0.15) is 11.5 Å². The fourth-order valence-corrected chi connectivity index (χ4v) is 3.80. The maximum absolute atomic E-state index is 12.8. The number of likely N-dealkylation sites (N-methyl/N-ethyl adjacent to an activating group) is 1. The molecule has 1 amide bonds. The summed E-state index contributed by atoms with van der Waals surface area (Å²) in [6.45, 7) is 0.516. The van der Waals surface area contributed by atoms with Crippen molar-refractivity contribution < 1.29 is 9.53 Å². The van der Waals surface area contributed by atoms with E-state index < -0.39 is 0 Å². The molecule has 4 aromatic rings. The number of rotatable bonds is 7. The summed E-state index contributed by atoms with van der Waals surface area (Å²) in [5, 5.41) is 4.30. The monoisotopic (exact) mass is 413 g/mol. The first kappa shape index (κ1) is 20.7. The van der Waals surface area contributed by atoms with Crippen molar-refractivity contribution in [3.8, 4) is 11.5 Å². The summed E-state index contributed by atoms with van der Waals surface area (Å²) in [5.74, 6) is 1.37. The molecule has 0 saturated heterocycles. The minimum atomic E-state index is -0.0988. The maximum Gasteiger partial charge on any atom is 0.251 e. The van der Waals surface area contributed by atoms with E-state index in [0.717, 1.165) is 5.75 Å². The van der Waals surface area contributed by atoms with Gasteiger partial charge in [-0.3, -0.25) is 4.79 Å². The number of aromatic nitrogens is 1. The summed E-state index contributed by atoms with van der Waals surface area (Å²) in [7, 11) is 6.12. The third-order valence-corrected chi connectivity index (χ3v) is 5.46. The molecule has 0 radical (unpaired) electrons. The first-order valence-corrected chi connectivity index (χ1v) is 10.3. The lowest BCUT2D eigenvalue weighted by molar-refractivity contribution is 0.0942. The molecule has 0 saturated carbocycles. The number of hydrogen-bond acceptors (Lipinski definition) is 3. The van der Waals surface area contributed by atoms with Gasteiger partial charge in [-0.25, -0.2) is 0 Å². The number of nitrogens with zero attached hydrogens (tertiary/aromatic N) is 2. The molecule has 5 heteroatoms. The van der Waals surface area contributed by atoms with Crippen LogP contribution in [0.15, 0.2) is 85.1 Å². The molecule has 1 aromatic heterocycles. The Hall–Kier alpha value is -3.57. The molecule has 0 aliphatic heterocycles. The largest absolute Gasteiger partial charge is 0.457 e. The predicted molar refractivity (Wildman–Crippen MR) is 125 cm³/mol. The molecule has 1 heterocycles. The van der Waals surface area contributed by atoms with Gasteiger partial charge >= 0.3 is 0 Å². The number of para-hydroxylation sites is 2. The average molecular weight is 414 g/mol. The number of carbonyl (C=O) groups is 1. The lowest BCUT2D eigenvalue weighted by Gasteiger charge is -2.24. The Balaban J connectivity index is 1.45. The maximum atomic E-state index is 12.8. The van der Waals surface area contributed by atoms with Crippen LogP contribution in [-0.4, -0.2) is 36.0 Å². The van der Waals surface area contributed by atoms with E-state index in [9.17, 15) is 4.79 Å². The smallest absolute Gasteiger partial charge is 0.251 e. The van der Waals surface area contributed by atoms with Crippen LogP contribution in [0.2, 0.25) is 0 Å². The van der Waals surface area contributed by atoms with Gasteiger partial charge < -0.3 is 19.5 Å². The van der Waals surface area contributed by atoms with Crippen molar-refractivity contribution in [3.63, 3.8) is 0 Å². The number of fused-ring (bicyclic) bond motifs is 1. The Morgan fingerprint density at radius 2 is 1.58 bits per heavy atom. The van der Waals surface area contributed by atoms with Crippen molar-refractivity contribution in [1.29, 1.82) is 0 Å². The van der Waals surface area contributed by atoms with Crippen LogP contribution in [0.25, 0.3) is 10.9 Å². The minimum absolute atomic E-state index is 0.0655. The van der Waals surface area contributed by atoms with Gasteiger partial charge in [0.25, 0.3) is 5.91 Å². The van der Waals surface area contributed by atoms with Crippen LogP contribution >= 0.6 is 0 Å². The second kappa shape index (κ2) is 9.06. The highest BCUT2D eigenvalue weighted by atomic mass is 16.5. The highest BCUT2D eigenvalue weighted by Crippen LogP contribution is 2.28. The number of amides is 1. The fraction of sp³-hybridized carbons (Fsp3) is 0.192. The van der Waals surface area contributed by atoms with E-state index in [2.05, 4.69) is 46.2 Å². The SMILES string of the molecule is CN(C)C(CNC(=O)c1ccc(Oc2ccccc2)cc1)c1cn(C)c2ccccc12. The highest BCUT2D eigenvalue weighted by Gasteiger charge is 2.20. The van der Waals surface area contributed by atoms with Crippen molar-refractivity contribution in [1.82, 2.24) is 14.8 Å². The van der Waals surface area contributed by atoms with Gasteiger partial charge in [0.2, 0.25) is 0 Å². The van der Waals surface area contributed by atoms with Crippen LogP contribution < -0.4 is 10.1 Å². The first-order valence-electron chi connectivity index (χ1n) is 10.3. The Kier molecular flexibility index (Phi) is 6.05. The third-order valence-electron chi connectivity index (χ3n) is 5.46. The predicted octanol–water partition coefficient (Wildman–Crippen LogP) is 5.00. The zero-order valence-electron chi connectivity index (χ0n) is 18.1. The van der Waals surface area contributed by atoms with Gasteiger partial charge in [0.05, 0.1) is 6.04 Å². The zero-order chi connectivity index (χ0) is 21.8. The van der Waals surface area contributed by atoms with Crippen LogP contribution in [0.3, 0.4) is 0 Å². The molecule has 4 rings (SSSR count). The lowest BCUT2D eigenvalue weighted by Crippen LogP contribution is -2.34. The Morgan fingerprint density at radius 1 is 0.935 bits per heavy atom. The third kappa shape index (κ3) is 4.62. The molecule has 1 N–H and O–H groups in total. The van der Waals surface area contributed by atoms with Crippen LogP contribution in [-0.2, 0) is 7.05 Å². The second-order valence-electron chi connectivity index (χ2n) is 7.84. The molecule has 0 fully saturated rings. The van der Waals surface area contributed by atoms with E-state index in [1.165, 1.54) is 16.5 Å². The van der Waals surface area contributed by atoms with Crippen molar-refractivity contribution in [2.45, 2.75) is 6.04 Å². The number of carbonyl (C=O) groups excluding carboxylic acids is 1. The number of aryl methyl sites for hydroxylation is 1. The molecule has 5 nitrogen and oxygen atoms in total. The standard InChI is InChI=1S/C26H27N3O2/c1-28(2)25(23-18-29(3)24-12-8-7-11-22(23)24)17-27-26(30)19-13-15-21(16-14-19)31-20-9-5-4-6-10-20/h4-16,18,25H,17H2,1-3H3,(H,27,30). The van der Waals surface area contributed by atoms with Crippen molar-refractivity contribution in [3.05, 3.63) is 96.2 Å². The van der Waals surface area contributed by atoms with Crippen molar-refractivity contribution in [2.75, 3.05) is 20.6 Å². The first-order chi connectivity index (χ1) is 15.0. The topological polar surface area (TPSA) is 46.5 Å². The average Bonchev–Trinajstić information content (AvgIpc) is 3.11. The van der Waals surface area contributed by atoms with E-state index in [0.29, 0.717) is 17.9 Å². The van der Waals surface area contributed by atoms with Gasteiger partial charge in [0.15, 0.2) is 0 Å². The molecule has 0 bridgehead atoms. The zero-order valence-corrected chi connectivity index (χ0v) is 18.1. The molecular weight excluding hydrogens is 386 g/mol. The Bertz CT molecular complexity index is 1160. The Morgan fingerprint density at radius 3 is 2.29 bits per heavy atom. The summed E-state index contributed by atoms with van der Waals surface area (Å²) < 4.78 is 7.94. The molecule has 1 atom stereocenters. The van der Waals surface area contributed by atoms with Crippen LogP contribution in [0.5, 0.6) is 11.5 Å². The Labute approximate surface area is 182 Å². The van der Waals surface area contributed by atoms with Crippen molar-refractivity contribution >= 4 is 16.8 Å². The summed E-state index contributed by atoms with van der Waals surface area (Å²) in [4.78, 5) is 14.9. The van der Waals surface area contributed by atoms with Gasteiger partial charge in [0, 0.05) is 36.3 Å². The van der Waals surface area contributed by atoms with E-state index in [1.807, 2.05) is 62.6 Å². The second-order valence-corrected chi connectivity index (χ2v) is 7.84. The number of nitrogens with one attached hydrogen (secondary N) is 1. The summed E-state index contributed by atoms with van der Waals surface area (Å²) >= 11 is 0. The molecule has 0 aliphatic rings. The molecule has 158 valence electrons. The summed E-state index contributed by atoms with van der Waals surface area (Å²) in [6.07, 6.45) is 2.15. The van der Waals surface area contributed by atoms with Gasteiger partial charge in [-0.15, -0.1) is 0 Å². The van der Waals surface area contributed by atoms with E-state index in [-0.39, 0.29) is 11.9 Å². The van der Waals surface area contributed by atoms with Crippen LogP contribution in [0.1, 0.15) is 22.0 Å². The molecule has 1 unspecified atom stereocenters. The molecule has 0 spiro atoms. The van der Waals surface area contributed by atoms with E-state index in [4.69, 9.17) is 4.74 Å². The molecule has 0 aliphatic carbocycles. The number of hydrogen-bond donors (Lipinski definition) is 1. The quantitative estimate of drug-likeness (QED) is 0.464. The summed E-state index contributed by atoms with van der Waals surface area (Å²) in [6, 6.07) is 25.2. The molecule has 3 aromatic carbocycles. The van der Waals surface area contributed by atoms with Crippen LogP contribution in [0.4, 0.5) is 0 Å². The minimum Gasteiger partial charge on any atom is -0.457 e. The van der Waals surface area contributed by atoms with Gasteiger partial charge in [-0.05, 0) is 62.1 Å². The fourth-order valence-electron chi connectivity index (χ4n) is 3.80. The normalized spacial score (nSPS) is 12.1. The summed E-state index contributed by atoms with van der Waals surface area (Å²) in [5.41, 5.74) is 3.00. The van der Waals surface area contributed by atoms with E-state index >= 15 is 0 Å². The van der Waals surface area contributed by atoms with Crippen LogP contribution in [0, 0.1) is 0 Å². The lowest BCUT2D eigenvalue weighted by atomic mass is 10.0. The van der Waals surface area contributed by atoms with Crippen molar-refractivity contribution in [2.24, 2.45) is 7.05 Å². The number of benzene rings is 3. The highest BCUT2D eigenvalue weighted by molar-refractivity contribution is 5.94. The molecular formula is C26H27N3O2. The molecule has 31 heavy (non-hydrogen) atoms. The van der Waals surface area contributed by atoms with Gasteiger partial charge in [-0.2, -0.15) is 0 Å². The van der Waals surface area contributed by atoms with E-state index in [1.54, 1.807) is 12.1 Å². The van der Waals surface area contributed by atoms with Gasteiger partial charge in [-0.1, -0.05) is 36.4 Å².